The highest BCUT2D eigenvalue weighted by Gasteiger charge is 2.17. The van der Waals surface area contributed by atoms with E-state index in [-0.39, 0.29) is 5.41 Å². The molecule has 0 aliphatic rings. The highest BCUT2D eigenvalue weighted by Crippen LogP contribution is 2.25. The molecule has 1 aromatic carbocycles. The summed E-state index contributed by atoms with van der Waals surface area (Å²) >= 11 is 0. The Morgan fingerprint density at radius 3 is 2.33 bits per heavy atom. The normalized spacial score (nSPS) is 11.3. The fraction of sp³-hybridized carbons (Fsp3) is 0.417. The molecule has 0 saturated heterocycles. The molecule has 0 spiro atoms. The summed E-state index contributed by atoms with van der Waals surface area (Å²) in [6.45, 7) is 8.35. The molecule has 82 valence electrons. The smallest absolute Gasteiger partial charge is 0.274 e. The van der Waals surface area contributed by atoms with Crippen LogP contribution >= 0.6 is 0 Å². The summed E-state index contributed by atoms with van der Waals surface area (Å²) in [6.07, 6.45) is 0. The molecule has 0 heterocycles. The van der Waals surface area contributed by atoms with Crippen LogP contribution in [0.4, 0.5) is 0 Å². The van der Waals surface area contributed by atoms with Crippen molar-refractivity contribution in [2.45, 2.75) is 33.1 Å². The van der Waals surface area contributed by atoms with Gasteiger partial charge in [-0.15, -0.1) is 0 Å². The molecular weight excluding hydrogens is 190 g/mol. The van der Waals surface area contributed by atoms with Gasteiger partial charge in [-0.1, -0.05) is 26.8 Å². The molecule has 15 heavy (non-hydrogen) atoms. The van der Waals surface area contributed by atoms with E-state index in [2.05, 4.69) is 20.8 Å². The zero-order valence-corrected chi connectivity index (χ0v) is 9.59. The molecule has 0 unspecified atom stereocenters. The van der Waals surface area contributed by atoms with Crippen molar-refractivity contribution in [2.24, 2.45) is 0 Å². The third-order valence-electron chi connectivity index (χ3n) is 2.40. The Morgan fingerprint density at radius 1 is 1.33 bits per heavy atom. The minimum absolute atomic E-state index is 0.0678. The van der Waals surface area contributed by atoms with Gasteiger partial charge in [0.05, 0.1) is 0 Å². The Balaban J connectivity index is 3.15. The van der Waals surface area contributed by atoms with Gasteiger partial charge in [-0.2, -0.15) is 0 Å². The van der Waals surface area contributed by atoms with Crippen molar-refractivity contribution in [1.82, 2.24) is 5.48 Å². The van der Waals surface area contributed by atoms with E-state index in [0.29, 0.717) is 5.56 Å². The van der Waals surface area contributed by atoms with Gasteiger partial charge in [0.15, 0.2) is 0 Å². The van der Waals surface area contributed by atoms with Gasteiger partial charge >= 0.3 is 0 Å². The van der Waals surface area contributed by atoms with Gasteiger partial charge in [-0.05, 0) is 35.6 Å². The maximum atomic E-state index is 11.2. The Morgan fingerprint density at radius 2 is 1.93 bits per heavy atom. The summed E-state index contributed by atoms with van der Waals surface area (Å²) in [6, 6.07) is 5.44. The number of hydroxylamine groups is 1. The fourth-order valence-corrected chi connectivity index (χ4v) is 1.71. The quantitative estimate of drug-likeness (QED) is 0.549. The van der Waals surface area contributed by atoms with E-state index in [1.165, 1.54) is 5.56 Å². The molecule has 0 atom stereocenters. The average Bonchev–Trinajstić information content (AvgIpc) is 2.14. The van der Waals surface area contributed by atoms with Crippen LogP contribution in [0.5, 0.6) is 0 Å². The van der Waals surface area contributed by atoms with E-state index < -0.39 is 5.91 Å². The van der Waals surface area contributed by atoms with Crippen molar-refractivity contribution in [3.05, 3.63) is 34.9 Å². The number of rotatable bonds is 1. The van der Waals surface area contributed by atoms with Gasteiger partial charge in [0.2, 0.25) is 0 Å². The Labute approximate surface area is 90.1 Å². The third kappa shape index (κ3) is 2.57. The second-order valence-electron chi connectivity index (χ2n) is 4.72. The van der Waals surface area contributed by atoms with Crippen LogP contribution in [-0.4, -0.2) is 11.1 Å². The number of hydrogen-bond acceptors (Lipinski definition) is 2. The molecule has 0 saturated carbocycles. The molecule has 0 radical (unpaired) electrons. The highest BCUT2D eigenvalue weighted by molar-refractivity contribution is 5.93. The van der Waals surface area contributed by atoms with Crippen LogP contribution in [0.15, 0.2) is 18.2 Å². The first-order valence-electron chi connectivity index (χ1n) is 4.92. The topological polar surface area (TPSA) is 49.3 Å². The lowest BCUT2D eigenvalue weighted by atomic mass is 9.83. The molecule has 0 aromatic heterocycles. The van der Waals surface area contributed by atoms with Crippen LogP contribution in [0.3, 0.4) is 0 Å². The Kier molecular flexibility index (Phi) is 3.15. The number of amides is 1. The monoisotopic (exact) mass is 207 g/mol. The van der Waals surface area contributed by atoms with Crippen molar-refractivity contribution in [2.75, 3.05) is 0 Å². The summed E-state index contributed by atoms with van der Waals surface area (Å²) in [5, 5.41) is 8.51. The molecule has 2 N–H and O–H groups in total. The first kappa shape index (κ1) is 11.7. The van der Waals surface area contributed by atoms with Crippen LogP contribution in [0.2, 0.25) is 0 Å². The average molecular weight is 207 g/mol. The van der Waals surface area contributed by atoms with E-state index in [0.717, 1.165) is 5.56 Å². The zero-order chi connectivity index (χ0) is 11.6. The summed E-state index contributed by atoms with van der Waals surface area (Å²) in [7, 11) is 0. The second kappa shape index (κ2) is 4.03. The molecule has 0 fully saturated rings. The highest BCUT2D eigenvalue weighted by atomic mass is 16.5. The van der Waals surface area contributed by atoms with E-state index in [4.69, 9.17) is 5.21 Å². The maximum absolute atomic E-state index is 11.2. The number of carbonyl (C=O) groups excluding carboxylic acids is 1. The fourth-order valence-electron chi connectivity index (χ4n) is 1.71. The first-order valence-corrected chi connectivity index (χ1v) is 4.92. The second-order valence-corrected chi connectivity index (χ2v) is 4.72. The maximum Gasteiger partial charge on any atom is 0.274 e. The minimum Gasteiger partial charge on any atom is -0.288 e. The van der Waals surface area contributed by atoms with Crippen molar-refractivity contribution >= 4 is 5.91 Å². The van der Waals surface area contributed by atoms with Gasteiger partial charge in [0, 0.05) is 5.56 Å². The van der Waals surface area contributed by atoms with Gasteiger partial charge in [0.1, 0.15) is 0 Å². The minimum atomic E-state index is -0.474. The first-order chi connectivity index (χ1) is 6.86. The molecule has 0 aliphatic carbocycles. The van der Waals surface area contributed by atoms with Crippen LogP contribution in [0.25, 0.3) is 0 Å². The lowest BCUT2D eigenvalue weighted by Crippen LogP contribution is -2.20. The summed E-state index contributed by atoms with van der Waals surface area (Å²) < 4.78 is 0. The number of aryl methyl sites for hydroxylation is 1. The number of benzene rings is 1. The standard InChI is InChI=1S/C12H17NO2/c1-8-7-9(11(14)13-15)5-6-10(8)12(2,3)4/h5-7,15H,1-4H3,(H,13,14). The van der Waals surface area contributed by atoms with Crippen molar-refractivity contribution < 1.29 is 10.0 Å². The summed E-state index contributed by atoms with van der Waals surface area (Å²) in [5.74, 6) is -0.474. The molecule has 0 bridgehead atoms. The van der Waals surface area contributed by atoms with Crippen LogP contribution < -0.4 is 5.48 Å². The number of carbonyl (C=O) groups is 1. The largest absolute Gasteiger partial charge is 0.288 e. The van der Waals surface area contributed by atoms with Crippen LogP contribution in [-0.2, 0) is 5.41 Å². The summed E-state index contributed by atoms with van der Waals surface area (Å²) in [5.41, 5.74) is 4.43. The molecular formula is C12H17NO2. The van der Waals surface area contributed by atoms with Crippen LogP contribution in [0, 0.1) is 6.92 Å². The molecule has 1 amide bonds. The Bertz CT molecular complexity index is 378. The van der Waals surface area contributed by atoms with Crippen LogP contribution in [0.1, 0.15) is 42.3 Å². The van der Waals surface area contributed by atoms with Crippen molar-refractivity contribution in [3.8, 4) is 0 Å². The van der Waals surface area contributed by atoms with Crippen molar-refractivity contribution in [1.29, 1.82) is 0 Å². The lowest BCUT2D eigenvalue weighted by molar-refractivity contribution is 0.0706. The summed E-state index contributed by atoms with van der Waals surface area (Å²) in [4.78, 5) is 11.2. The molecule has 1 rings (SSSR count). The molecule has 3 nitrogen and oxygen atoms in total. The lowest BCUT2D eigenvalue weighted by Gasteiger charge is -2.21. The van der Waals surface area contributed by atoms with E-state index in [9.17, 15) is 4.79 Å². The molecule has 3 heteroatoms. The van der Waals surface area contributed by atoms with Gasteiger partial charge < -0.3 is 0 Å². The third-order valence-corrected chi connectivity index (χ3v) is 2.40. The van der Waals surface area contributed by atoms with Gasteiger partial charge in [-0.25, -0.2) is 5.48 Å². The van der Waals surface area contributed by atoms with Crippen molar-refractivity contribution in [3.63, 3.8) is 0 Å². The van der Waals surface area contributed by atoms with E-state index in [1.807, 2.05) is 13.0 Å². The number of hydrogen-bond donors (Lipinski definition) is 2. The molecule has 1 aromatic rings. The predicted octanol–water partition coefficient (Wildman–Crippen LogP) is 2.41. The number of nitrogens with one attached hydrogen (secondary N) is 1. The predicted molar refractivity (Wildman–Crippen MR) is 59.1 cm³/mol. The van der Waals surface area contributed by atoms with E-state index in [1.54, 1.807) is 17.6 Å². The zero-order valence-electron chi connectivity index (χ0n) is 9.59. The Hall–Kier alpha value is -1.35. The SMILES string of the molecule is Cc1cc(C(=O)NO)ccc1C(C)(C)C. The van der Waals surface area contributed by atoms with E-state index >= 15 is 0 Å². The van der Waals surface area contributed by atoms with Gasteiger partial charge in [-0.3, -0.25) is 10.0 Å². The van der Waals surface area contributed by atoms with Gasteiger partial charge in [0.25, 0.3) is 5.91 Å². The molecule has 0 aliphatic heterocycles.